The van der Waals surface area contributed by atoms with Gasteiger partial charge in [0.15, 0.2) is 5.16 Å². The second-order valence-electron chi connectivity index (χ2n) is 9.79. The fraction of sp³-hybridized carbons (Fsp3) is 0.571. The quantitative estimate of drug-likeness (QED) is 0.291. The van der Waals surface area contributed by atoms with E-state index in [0.29, 0.717) is 25.3 Å². The van der Waals surface area contributed by atoms with Gasteiger partial charge in [-0.25, -0.2) is 9.97 Å². The number of piperidine rings is 1. The van der Waals surface area contributed by atoms with E-state index < -0.39 is 0 Å². The van der Waals surface area contributed by atoms with Crippen LogP contribution in [0.1, 0.15) is 53.9 Å². The molecule has 0 N–H and O–H groups in total. The van der Waals surface area contributed by atoms with E-state index in [4.69, 9.17) is 14.7 Å². The molecule has 1 atom stereocenters. The van der Waals surface area contributed by atoms with Gasteiger partial charge in [-0.3, -0.25) is 9.59 Å². The summed E-state index contributed by atoms with van der Waals surface area (Å²) >= 11 is 1.62. The number of aryl methyl sites for hydroxylation is 1. The summed E-state index contributed by atoms with van der Waals surface area (Å²) in [4.78, 5) is 41.5. The normalized spacial score (nSPS) is 18.6. The third-order valence-corrected chi connectivity index (χ3v) is 8.28. The maximum absolute atomic E-state index is 13.1. The molecule has 1 amide bonds. The van der Waals surface area contributed by atoms with Crippen molar-refractivity contribution in [3.63, 3.8) is 0 Å². The van der Waals surface area contributed by atoms with Gasteiger partial charge in [0.25, 0.3) is 5.91 Å². The molecule has 0 spiro atoms. The second kappa shape index (κ2) is 12.7. The second-order valence-corrected chi connectivity index (χ2v) is 10.7. The van der Waals surface area contributed by atoms with Crippen LogP contribution in [-0.4, -0.2) is 84.1 Å². The molecule has 0 radical (unpaired) electrons. The highest BCUT2D eigenvalue weighted by molar-refractivity contribution is 7.98. The van der Waals surface area contributed by atoms with Crippen molar-refractivity contribution in [2.24, 2.45) is 5.92 Å². The third-order valence-electron chi connectivity index (χ3n) is 7.36. The molecule has 0 bridgehead atoms. The zero-order chi connectivity index (χ0) is 26.4. The van der Waals surface area contributed by atoms with Crippen LogP contribution in [0.3, 0.4) is 0 Å². The lowest BCUT2D eigenvalue weighted by Gasteiger charge is -2.35. The number of rotatable bonds is 8. The number of hydrogen-bond donors (Lipinski definition) is 0. The van der Waals surface area contributed by atoms with E-state index in [-0.39, 0.29) is 17.8 Å². The third kappa shape index (κ3) is 6.82. The minimum Gasteiger partial charge on any atom is -0.466 e. The van der Waals surface area contributed by atoms with Gasteiger partial charge in [0, 0.05) is 61.8 Å². The summed E-state index contributed by atoms with van der Waals surface area (Å²) < 4.78 is 5.16. The summed E-state index contributed by atoms with van der Waals surface area (Å²) in [5.41, 5.74) is 3.94. The van der Waals surface area contributed by atoms with Crippen molar-refractivity contribution >= 4 is 29.5 Å². The van der Waals surface area contributed by atoms with Crippen molar-refractivity contribution in [1.29, 1.82) is 0 Å². The van der Waals surface area contributed by atoms with Gasteiger partial charge in [-0.05, 0) is 57.9 Å². The average Bonchev–Trinajstić information content (AvgIpc) is 2.93. The molecule has 1 aromatic heterocycles. The molecule has 9 heteroatoms. The first-order valence-corrected chi connectivity index (χ1v) is 14.4. The van der Waals surface area contributed by atoms with Gasteiger partial charge in [0.05, 0.1) is 12.5 Å². The zero-order valence-corrected chi connectivity index (χ0v) is 23.4. The molecule has 3 heterocycles. The number of likely N-dealkylation sites (N-methyl/N-ethyl adjacent to an activating group) is 1. The number of piperazine rings is 1. The predicted octanol–water partition coefficient (Wildman–Crippen LogP) is 3.94. The monoisotopic (exact) mass is 525 g/mol. The highest BCUT2D eigenvalue weighted by atomic mass is 32.2. The molecule has 1 aromatic carbocycles. The van der Waals surface area contributed by atoms with Crippen LogP contribution in [0.25, 0.3) is 0 Å². The van der Waals surface area contributed by atoms with Gasteiger partial charge in [-0.15, -0.1) is 0 Å². The van der Waals surface area contributed by atoms with E-state index in [9.17, 15) is 9.59 Å². The number of nitrogens with zero attached hydrogens (tertiary/aromatic N) is 5. The number of amides is 1. The van der Waals surface area contributed by atoms with Gasteiger partial charge in [-0.1, -0.05) is 30.8 Å². The number of carbonyl (C=O) groups excluding carboxylic acids is 2. The number of esters is 1. The number of benzene rings is 1. The first-order valence-electron chi connectivity index (χ1n) is 13.4. The van der Waals surface area contributed by atoms with Crippen LogP contribution in [0.2, 0.25) is 0 Å². The highest BCUT2D eigenvalue weighted by Crippen LogP contribution is 2.27. The molecular weight excluding hydrogens is 486 g/mol. The summed E-state index contributed by atoms with van der Waals surface area (Å²) in [5, 5.41) is 0.787. The first kappa shape index (κ1) is 27.4. The topological polar surface area (TPSA) is 78.9 Å². The Labute approximate surface area is 224 Å². The summed E-state index contributed by atoms with van der Waals surface area (Å²) in [6.45, 7) is 14.8. The molecule has 200 valence electrons. The minimum atomic E-state index is -0.230. The molecule has 0 saturated carbocycles. The van der Waals surface area contributed by atoms with Gasteiger partial charge in [-0.2, -0.15) is 0 Å². The maximum atomic E-state index is 13.1. The molecular formula is C28H39N5O3S. The average molecular weight is 526 g/mol. The molecule has 2 aromatic rings. The smallest absolute Gasteiger partial charge is 0.310 e. The summed E-state index contributed by atoms with van der Waals surface area (Å²) in [6, 6.07) is 7.76. The largest absolute Gasteiger partial charge is 0.466 e. The molecule has 37 heavy (non-hydrogen) atoms. The van der Waals surface area contributed by atoms with Crippen LogP contribution in [0.5, 0.6) is 0 Å². The van der Waals surface area contributed by atoms with E-state index in [1.807, 2.05) is 31.2 Å². The molecule has 0 aliphatic carbocycles. The first-order chi connectivity index (χ1) is 17.9. The van der Waals surface area contributed by atoms with Crippen LogP contribution in [0.4, 0.5) is 5.82 Å². The van der Waals surface area contributed by atoms with Gasteiger partial charge in [0.1, 0.15) is 5.82 Å². The van der Waals surface area contributed by atoms with E-state index in [2.05, 4.69) is 30.6 Å². The van der Waals surface area contributed by atoms with Crippen LogP contribution < -0.4 is 4.90 Å². The number of anilines is 1. The van der Waals surface area contributed by atoms with Crippen molar-refractivity contribution in [1.82, 2.24) is 19.8 Å². The van der Waals surface area contributed by atoms with Crippen molar-refractivity contribution in [3.05, 3.63) is 46.6 Å². The van der Waals surface area contributed by atoms with Crippen molar-refractivity contribution in [2.75, 3.05) is 57.3 Å². The highest BCUT2D eigenvalue weighted by Gasteiger charge is 2.29. The van der Waals surface area contributed by atoms with Crippen LogP contribution in [-0.2, 0) is 15.3 Å². The molecule has 2 fully saturated rings. The van der Waals surface area contributed by atoms with E-state index >= 15 is 0 Å². The number of ether oxygens (including phenoxy) is 1. The van der Waals surface area contributed by atoms with Gasteiger partial charge < -0.3 is 19.4 Å². The standard InChI is InChI=1S/C28H39N5O3S/c1-5-31-14-16-32(17-15-31)25-20(3)21(4)29-28(30-25)37-19-22-9-11-23(12-10-22)26(34)33-13-7-8-24(18-33)27(35)36-6-2/h9-12,24H,5-8,13-19H2,1-4H3. The van der Waals surface area contributed by atoms with Crippen molar-refractivity contribution in [2.45, 2.75) is 51.4 Å². The van der Waals surface area contributed by atoms with Crippen molar-refractivity contribution in [3.8, 4) is 0 Å². The van der Waals surface area contributed by atoms with E-state index in [1.54, 1.807) is 16.7 Å². The molecule has 1 unspecified atom stereocenters. The number of hydrogen-bond acceptors (Lipinski definition) is 8. The maximum Gasteiger partial charge on any atom is 0.310 e. The molecule has 2 aliphatic heterocycles. The number of thioether (sulfide) groups is 1. The Morgan fingerprint density at radius 3 is 2.43 bits per heavy atom. The summed E-state index contributed by atoms with van der Waals surface area (Å²) in [6.07, 6.45) is 1.59. The Morgan fingerprint density at radius 1 is 1.03 bits per heavy atom. The zero-order valence-electron chi connectivity index (χ0n) is 22.5. The summed E-state index contributed by atoms with van der Waals surface area (Å²) in [5.74, 6) is 1.32. The minimum absolute atomic E-state index is 0.0292. The SMILES string of the molecule is CCOC(=O)C1CCCN(C(=O)c2ccc(CSc3nc(C)c(C)c(N4CCN(CC)CC4)n3)cc2)C1. The molecule has 2 saturated heterocycles. The fourth-order valence-electron chi connectivity index (χ4n) is 4.93. The lowest BCUT2D eigenvalue weighted by molar-refractivity contribution is -0.149. The summed E-state index contributed by atoms with van der Waals surface area (Å²) in [7, 11) is 0. The van der Waals surface area contributed by atoms with Crippen molar-refractivity contribution < 1.29 is 14.3 Å². The number of carbonyl (C=O) groups is 2. The Bertz CT molecular complexity index is 1090. The Hall–Kier alpha value is -2.65. The lowest BCUT2D eigenvalue weighted by atomic mass is 9.97. The van der Waals surface area contributed by atoms with Gasteiger partial charge in [0.2, 0.25) is 0 Å². The van der Waals surface area contributed by atoms with Crippen LogP contribution >= 0.6 is 11.8 Å². The molecule has 4 rings (SSSR count). The Morgan fingerprint density at radius 2 is 1.76 bits per heavy atom. The Balaban J connectivity index is 1.36. The molecule has 8 nitrogen and oxygen atoms in total. The predicted molar refractivity (Wildman–Crippen MR) is 147 cm³/mol. The van der Waals surface area contributed by atoms with Crippen LogP contribution in [0, 0.1) is 19.8 Å². The van der Waals surface area contributed by atoms with E-state index in [0.717, 1.165) is 79.1 Å². The number of likely N-dealkylation sites (tertiary alicyclic amines) is 1. The van der Waals surface area contributed by atoms with E-state index in [1.165, 1.54) is 0 Å². The van der Waals surface area contributed by atoms with Gasteiger partial charge >= 0.3 is 5.97 Å². The molecule has 2 aliphatic rings. The van der Waals surface area contributed by atoms with Crippen LogP contribution in [0.15, 0.2) is 29.4 Å². The fourth-order valence-corrected chi connectivity index (χ4v) is 5.77. The Kier molecular flexibility index (Phi) is 9.43. The number of aromatic nitrogens is 2. The lowest BCUT2D eigenvalue weighted by Crippen LogP contribution is -2.46.